The number of fused-ring (bicyclic) bond motifs is 1. The summed E-state index contributed by atoms with van der Waals surface area (Å²) in [4.78, 5) is 23.3. The lowest BCUT2D eigenvalue weighted by molar-refractivity contribution is 0.102. The third kappa shape index (κ3) is 3.61. The van der Waals surface area contributed by atoms with E-state index in [9.17, 15) is 4.79 Å². The van der Waals surface area contributed by atoms with Crippen LogP contribution in [0.1, 0.15) is 23.0 Å². The van der Waals surface area contributed by atoms with Gasteiger partial charge in [-0.2, -0.15) is 0 Å². The Hall–Kier alpha value is -2.63. The van der Waals surface area contributed by atoms with Crippen molar-refractivity contribution in [3.8, 4) is 0 Å². The summed E-state index contributed by atoms with van der Waals surface area (Å²) >= 11 is 11.9. The first-order valence-corrected chi connectivity index (χ1v) is 9.23. The molecule has 2 aromatic carbocycles. The molecule has 0 radical (unpaired) electrons. The molecule has 0 spiro atoms. The highest BCUT2D eigenvalue weighted by molar-refractivity contribution is 6.35. The minimum Gasteiger partial charge on any atom is -0.322 e. The van der Waals surface area contributed by atoms with Crippen molar-refractivity contribution in [1.29, 1.82) is 0 Å². The largest absolute Gasteiger partial charge is 0.322 e. The molecule has 4 rings (SSSR count). The second kappa shape index (κ2) is 7.18. The van der Waals surface area contributed by atoms with Crippen molar-refractivity contribution in [2.24, 2.45) is 0 Å². The molecular weight excluding hydrogens is 383 g/mol. The molecule has 7 heteroatoms. The summed E-state index contributed by atoms with van der Waals surface area (Å²) in [7, 11) is 0. The first kappa shape index (κ1) is 17.8. The minimum atomic E-state index is -0.373. The zero-order valence-electron chi connectivity index (χ0n) is 14.5. The summed E-state index contributed by atoms with van der Waals surface area (Å²) in [5.41, 5.74) is 3.14. The average molecular weight is 399 g/mol. The maximum atomic E-state index is 12.4. The number of nitrogens with one attached hydrogen (secondary N) is 1. The molecule has 0 aliphatic carbocycles. The van der Waals surface area contributed by atoms with Crippen LogP contribution in [0.25, 0.3) is 0 Å². The molecule has 1 N–H and O–H groups in total. The molecular formula is C20H16Cl2N4O. The van der Waals surface area contributed by atoms with E-state index in [1.165, 1.54) is 11.8 Å². The van der Waals surface area contributed by atoms with Crippen molar-refractivity contribution in [3.05, 3.63) is 76.2 Å². The summed E-state index contributed by atoms with van der Waals surface area (Å²) in [5, 5.41) is 3.62. The molecule has 0 saturated heterocycles. The standard InChI is InChI=1S/C20H16Cl2N4O/c1-12-6-13-4-2-3-5-18(13)26(12)19-11-23-17(10-24-19)20(27)25-16-8-14(21)7-15(22)9-16/h2-5,7-12H,6H2,1H3,(H,25,27). The van der Waals surface area contributed by atoms with Crippen LogP contribution in [0.4, 0.5) is 17.2 Å². The Kier molecular flexibility index (Phi) is 4.72. The highest BCUT2D eigenvalue weighted by Crippen LogP contribution is 2.36. The van der Waals surface area contributed by atoms with E-state index in [-0.39, 0.29) is 17.6 Å². The van der Waals surface area contributed by atoms with Gasteiger partial charge in [-0.3, -0.25) is 4.79 Å². The molecule has 1 amide bonds. The predicted octanol–water partition coefficient (Wildman–Crippen LogP) is 5.12. The fourth-order valence-corrected chi connectivity index (χ4v) is 3.82. The Morgan fingerprint density at radius 3 is 2.56 bits per heavy atom. The number of anilines is 3. The van der Waals surface area contributed by atoms with Gasteiger partial charge in [-0.1, -0.05) is 41.4 Å². The third-order valence-corrected chi connectivity index (χ3v) is 4.88. The van der Waals surface area contributed by atoms with Gasteiger partial charge in [0.1, 0.15) is 5.69 Å². The van der Waals surface area contributed by atoms with Crippen LogP contribution in [-0.4, -0.2) is 21.9 Å². The van der Waals surface area contributed by atoms with Crippen molar-refractivity contribution in [3.63, 3.8) is 0 Å². The second-order valence-corrected chi connectivity index (χ2v) is 7.30. The Morgan fingerprint density at radius 2 is 1.85 bits per heavy atom. The molecule has 0 fully saturated rings. The Bertz CT molecular complexity index is 987. The number of hydrogen-bond acceptors (Lipinski definition) is 4. The van der Waals surface area contributed by atoms with Crippen LogP contribution in [0.2, 0.25) is 10.0 Å². The van der Waals surface area contributed by atoms with Crippen molar-refractivity contribution < 1.29 is 4.79 Å². The Morgan fingerprint density at radius 1 is 1.11 bits per heavy atom. The monoisotopic (exact) mass is 398 g/mol. The van der Waals surface area contributed by atoms with E-state index in [2.05, 4.69) is 39.2 Å². The Labute approximate surface area is 167 Å². The number of hydrogen-bond donors (Lipinski definition) is 1. The first-order valence-electron chi connectivity index (χ1n) is 8.48. The van der Waals surface area contributed by atoms with E-state index in [4.69, 9.17) is 23.2 Å². The fourth-order valence-electron chi connectivity index (χ4n) is 3.30. The van der Waals surface area contributed by atoms with Crippen molar-refractivity contribution in [2.75, 3.05) is 10.2 Å². The smallest absolute Gasteiger partial charge is 0.275 e. The van der Waals surface area contributed by atoms with E-state index in [0.29, 0.717) is 15.7 Å². The van der Waals surface area contributed by atoms with Gasteiger partial charge in [0.2, 0.25) is 0 Å². The number of para-hydroxylation sites is 1. The first-order chi connectivity index (χ1) is 13.0. The van der Waals surface area contributed by atoms with Crippen LogP contribution < -0.4 is 10.2 Å². The van der Waals surface area contributed by atoms with Crippen molar-refractivity contribution in [2.45, 2.75) is 19.4 Å². The fraction of sp³-hybridized carbons (Fsp3) is 0.150. The van der Waals surface area contributed by atoms with Gasteiger partial charge in [0.05, 0.1) is 12.4 Å². The zero-order chi connectivity index (χ0) is 19.0. The highest BCUT2D eigenvalue weighted by Gasteiger charge is 2.28. The van der Waals surface area contributed by atoms with Crippen LogP contribution in [0, 0.1) is 0 Å². The molecule has 0 bridgehead atoms. The van der Waals surface area contributed by atoms with Crippen LogP contribution in [0.5, 0.6) is 0 Å². The number of carbonyl (C=O) groups excluding carboxylic acids is 1. The van der Waals surface area contributed by atoms with E-state index >= 15 is 0 Å². The summed E-state index contributed by atoms with van der Waals surface area (Å²) in [6.45, 7) is 2.14. The van der Waals surface area contributed by atoms with Gasteiger partial charge in [0.15, 0.2) is 5.82 Å². The highest BCUT2D eigenvalue weighted by atomic mass is 35.5. The molecule has 0 saturated carbocycles. The molecule has 1 aliphatic heterocycles. The average Bonchev–Trinajstić information content (AvgIpc) is 2.96. The van der Waals surface area contributed by atoms with Crippen molar-refractivity contribution >= 4 is 46.3 Å². The van der Waals surface area contributed by atoms with Crippen LogP contribution in [-0.2, 0) is 6.42 Å². The number of amides is 1. The molecule has 1 atom stereocenters. The van der Waals surface area contributed by atoms with Crippen molar-refractivity contribution in [1.82, 2.24) is 9.97 Å². The van der Waals surface area contributed by atoms with Gasteiger partial charge in [-0.05, 0) is 43.2 Å². The Balaban J connectivity index is 1.55. The van der Waals surface area contributed by atoms with Crippen LogP contribution in [0.3, 0.4) is 0 Å². The number of halogens is 2. The van der Waals surface area contributed by atoms with Gasteiger partial charge in [-0.15, -0.1) is 0 Å². The number of nitrogens with zero attached hydrogens (tertiary/aromatic N) is 3. The lowest BCUT2D eigenvalue weighted by Gasteiger charge is -2.23. The molecule has 5 nitrogen and oxygen atoms in total. The normalized spacial score (nSPS) is 15.5. The topological polar surface area (TPSA) is 58.1 Å². The third-order valence-electron chi connectivity index (χ3n) is 4.45. The number of carbonyl (C=O) groups is 1. The van der Waals surface area contributed by atoms with Gasteiger partial charge >= 0.3 is 0 Å². The summed E-state index contributed by atoms with van der Waals surface area (Å²) < 4.78 is 0. The van der Waals surface area contributed by atoms with Crippen LogP contribution >= 0.6 is 23.2 Å². The lowest BCUT2D eigenvalue weighted by atomic mass is 10.1. The van der Waals surface area contributed by atoms with E-state index < -0.39 is 0 Å². The summed E-state index contributed by atoms with van der Waals surface area (Å²) in [6, 6.07) is 13.4. The number of aromatic nitrogens is 2. The molecule has 136 valence electrons. The van der Waals surface area contributed by atoms with Gasteiger partial charge in [0.25, 0.3) is 5.91 Å². The van der Waals surface area contributed by atoms with E-state index in [0.717, 1.165) is 17.9 Å². The molecule has 3 aromatic rings. The molecule has 27 heavy (non-hydrogen) atoms. The minimum absolute atomic E-state index is 0.218. The summed E-state index contributed by atoms with van der Waals surface area (Å²) in [6.07, 6.45) is 4.05. The zero-order valence-corrected chi connectivity index (χ0v) is 16.0. The summed E-state index contributed by atoms with van der Waals surface area (Å²) in [5.74, 6) is 0.344. The van der Waals surface area contributed by atoms with Gasteiger partial charge < -0.3 is 10.2 Å². The molecule has 1 unspecified atom stereocenters. The van der Waals surface area contributed by atoms with E-state index in [1.54, 1.807) is 24.4 Å². The molecule has 1 aromatic heterocycles. The maximum Gasteiger partial charge on any atom is 0.275 e. The maximum absolute atomic E-state index is 12.4. The predicted molar refractivity (Wildman–Crippen MR) is 108 cm³/mol. The van der Waals surface area contributed by atoms with Gasteiger partial charge in [0, 0.05) is 27.5 Å². The number of benzene rings is 2. The SMILES string of the molecule is CC1Cc2ccccc2N1c1cnc(C(=O)Nc2cc(Cl)cc(Cl)c2)cn1. The van der Waals surface area contributed by atoms with Crippen LogP contribution in [0.15, 0.2) is 54.9 Å². The number of rotatable bonds is 3. The molecule has 1 aliphatic rings. The lowest BCUT2D eigenvalue weighted by Crippen LogP contribution is -2.25. The second-order valence-electron chi connectivity index (χ2n) is 6.42. The molecule has 2 heterocycles. The quantitative estimate of drug-likeness (QED) is 0.664. The van der Waals surface area contributed by atoms with Gasteiger partial charge in [-0.25, -0.2) is 9.97 Å². The van der Waals surface area contributed by atoms with E-state index in [1.807, 2.05) is 12.1 Å².